The summed E-state index contributed by atoms with van der Waals surface area (Å²) in [5.41, 5.74) is 7.03. The summed E-state index contributed by atoms with van der Waals surface area (Å²) in [6, 6.07) is 17.6. The topological polar surface area (TPSA) is 78.2 Å². The summed E-state index contributed by atoms with van der Waals surface area (Å²) in [5.74, 6) is -0.580. The monoisotopic (exact) mass is 627 g/mol. The molecular formula is C37H44FN4O4+. The van der Waals surface area contributed by atoms with Gasteiger partial charge < -0.3 is 19.7 Å². The van der Waals surface area contributed by atoms with Gasteiger partial charge in [-0.1, -0.05) is 24.3 Å². The minimum absolute atomic E-state index is 0.0738. The number of hydrogen-bond donors (Lipinski definition) is 2. The number of aryl methyl sites for hydroxylation is 1. The minimum atomic E-state index is -0.347. The lowest BCUT2D eigenvalue weighted by molar-refractivity contribution is -0.909. The molecule has 2 fully saturated rings. The van der Waals surface area contributed by atoms with Crippen molar-refractivity contribution in [2.45, 2.75) is 52.7 Å². The van der Waals surface area contributed by atoms with Crippen LogP contribution in [0.5, 0.6) is 0 Å². The van der Waals surface area contributed by atoms with Gasteiger partial charge in [0.2, 0.25) is 6.20 Å². The molecule has 46 heavy (non-hydrogen) atoms. The third kappa shape index (κ3) is 6.87. The number of rotatable bonds is 9. The molecular weight excluding hydrogens is 583 g/mol. The van der Waals surface area contributed by atoms with Gasteiger partial charge in [-0.25, -0.2) is 4.39 Å². The molecule has 9 heteroatoms. The van der Waals surface area contributed by atoms with E-state index in [-0.39, 0.29) is 18.3 Å². The maximum Gasteiger partial charge on any atom is 0.260 e. The number of carbonyl (C=O) groups excluding carboxylic acids is 1. The average Bonchev–Trinajstić information content (AvgIpc) is 3.07. The molecule has 3 aromatic carbocycles. The number of pyridine rings is 1. The van der Waals surface area contributed by atoms with Crippen molar-refractivity contribution in [3.05, 3.63) is 94.6 Å². The molecule has 1 amide bonds. The Labute approximate surface area is 270 Å². The highest BCUT2D eigenvalue weighted by atomic mass is 19.1. The first-order valence-corrected chi connectivity index (χ1v) is 16.3. The summed E-state index contributed by atoms with van der Waals surface area (Å²) in [7, 11) is 0. The maximum absolute atomic E-state index is 14.0. The molecule has 8 nitrogen and oxygen atoms in total. The third-order valence-electron chi connectivity index (χ3n) is 9.43. The predicted molar refractivity (Wildman–Crippen MR) is 177 cm³/mol. The van der Waals surface area contributed by atoms with Crippen LogP contribution in [0.2, 0.25) is 0 Å². The number of nitrogens with zero attached hydrogens (tertiary/aromatic N) is 3. The van der Waals surface area contributed by atoms with Crippen LogP contribution in [0, 0.1) is 19.7 Å². The van der Waals surface area contributed by atoms with Crippen molar-refractivity contribution >= 4 is 22.4 Å². The number of aromatic nitrogens is 1. The molecule has 242 valence electrons. The molecule has 2 saturated heterocycles. The number of benzene rings is 3. The highest BCUT2D eigenvalue weighted by molar-refractivity contribution is 5.99. The number of amides is 1. The van der Waals surface area contributed by atoms with Gasteiger partial charge in [0.25, 0.3) is 11.6 Å². The second-order valence-electron chi connectivity index (χ2n) is 12.4. The molecule has 0 radical (unpaired) electrons. The molecule has 0 saturated carbocycles. The zero-order valence-electron chi connectivity index (χ0n) is 27.0. The fraction of sp³-hybridized carbons (Fsp3) is 0.405. The summed E-state index contributed by atoms with van der Waals surface area (Å²) in [4.78, 5) is 18.8. The summed E-state index contributed by atoms with van der Waals surface area (Å²) < 4.78 is 26.2. The molecule has 4 aromatic rings. The molecule has 2 aliphatic rings. The summed E-state index contributed by atoms with van der Waals surface area (Å²) in [5, 5.41) is 15.2. The van der Waals surface area contributed by atoms with Crippen molar-refractivity contribution in [3.63, 3.8) is 0 Å². The van der Waals surface area contributed by atoms with E-state index in [4.69, 9.17) is 9.47 Å². The standard InChI is InChI=1S/C37H43FN4O4/c1-4-41(31-11-15-45-16-12-31)35-20-29(28-7-5-27(6-8-28)24-40-13-17-46-18-14-40)19-34(26(35)3)37(43)39-22-36-32-10-9-30(38)21-33(32)25(2)23-42(36)44/h5-10,19-21,23,31H,4,11-18,22,24H2,1-3H3,(H-,39,43,44)/p+1. The van der Waals surface area contributed by atoms with Gasteiger partial charge in [-0.15, -0.1) is 0 Å². The van der Waals surface area contributed by atoms with E-state index in [0.29, 0.717) is 28.1 Å². The van der Waals surface area contributed by atoms with Crippen molar-refractivity contribution in [1.29, 1.82) is 0 Å². The first-order valence-electron chi connectivity index (χ1n) is 16.3. The maximum atomic E-state index is 14.0. The van der Waals surface area contributed by atoms with Gasteiger partial charge in [0.15, 0.2) is 0 Å². The molecule has 0 atom stereocenters. The molecule has 1 aromatic heterocycles. The van der Waals surface area contributed by atoms with E-state index >= 15 is 0 Å². The normalized spacial score (nSPS) is 16.1. The fourth-order valence-corrected chi connectivity index (χ4v) is 6.83. The Kier molecular flexibility index (Phi) is 9.82. The van der Waals surface area contributed by atoms with Crippen molar-refractivity contribution in [1.82, 2.24) is 10.2 Å². The zero-order valence-corrected chi connectivity index (χ0v) is 27.0. The van der Waals surface area contributed by atoms with E-state index < -0.39 is 0 Å². The molecule has 2 N–H and O–H groups in total. The van der Waals surface area contributed by atoms with Crippen molar-refractivity contribution in [2.24, 2.45) is 0 Å². The van der Waals surface area contributed by atoms with Gasteiger partial charge in [0.05, 0.1) is 18.6 Å². The van der Waals surface area contributed by atoms with Gasteiger partial charge in [-0.05, 0) is 86.2 Å². The molecule has 2 aliphatic heterocycles. The van der Waals surface area contributed by atoms with Crippen LogP contribution in [0.25, 0.3) is 21.9 Å². The first-order chi connectivity index (χ1) is 22.3. The van der Waals surface area contributed by atoms with Crippen molar-refractivity contribution in [2.75, 3.05) is 51.0 Å². The van der Waals surface area contributed by atoms with E-state index in [9.17, 15) is 14.4 Å². The molecule has 0 unspecified atom stereocenters. The third-order valence-corrected chi connectivity index (χ3v) is 9.43. The fourth-order valence-electron chi connectivity index (χ4n) is 6.83. The van der Waals surface area contributed by atoms with Gasteiger partial charge >= 0.3 is 0 Å². The minimum Gasteiger partial charge on any atom is -0.381 e. The van der Waals surface area contributed by atoms with Crippen LogP contribution in [-0.2, 0) is 22.6 Å². The Balaban J connectivity index is 1.33. The predicted octanol–water partition coefficient (Wildman–Crippen LogP) is 5.56. The lowest BCUT2D eigenvalue weighted by Crippen LogP contribution is -2.40. The van der Waals surface area contributed by atoms with Gasteiger partial charge in [0, 0.05) is 72.4 Å². The second kappa shape index (κ2) is 14.2. The van der Waals surface area contributed by atoms with Crippen LogP contribution in [0.4, 0.5) is 10.1 Å². The molecule has 3 heterocycles. The van der Waals surface area contributed by atoms with Crippen LogP contribution < -0.4 is 14.9 Å². The Morgan fingerprint density at radius 1 is 0.978 bits per heavy atom. The van der Waals surface area contributed by atoms with E-state index in [2.05, 4.69) is 52.4 Å². The number of hydrogen-bond acceptors (Lipinski definition) is 6. The van der Waals surface area contributed by atoms with Gasteiger partial charge in [-0.3, -0.25) is 14.9 Å². The summed E-state index contributed by atoms with van der Waals surface area (Å²) >= 11 is 0. The quantitative estimate of drug-likeness (QED) is 0.187. The molecule has 6 rings (SSSR count). The number of anilines is 1. The Morgan fingerprint density at radius 3 is 2.41 bits per heavy atom. The average molecular weight is 628 g/mol. The zero-order chi connectivity index (χ0) is 32.2. The van der Waals surface area contributed by atoms with Crippen LogP contribution in [0.1, 0.15) is 52.5 Å². The number of morpholine rings is 1. The Morgan fingerprint density at radius 2 is 1.70 bits per heavy atom. The number of carbonyl (C=O) groups is 1. The van der Waals surface area contributed by atoms with E-state index in [1.165, 1.54) is 17.7 Å². The lowest BCUT2D eigenvalue weighted by atomic mass is 9.94. The van der Waals surface area contributed by atoms with Crippen LogP contribution >= 0.6 is 0 Å². The number of fused-ring (bicyclic) bond motifs is 1. The van der Waals surface area contributed by atoms with Gasteiger partial charge in [-0.2, -0.15) is 0 Å². The largest absolute Gasteiger partial charge is 0.381 e. The molecule has 0 aliphatic carbocycles. The first kappa shape index (κ1) is 31.9. The van der Waals surface area contributed by atoms with Crippen molar-refractivity contribution < 1.29 is 28.6 Å². The van der Waals surface area contributed by atoms with Crippen LogP contribution in [-0.4, -0.2) is 68.1 Å². The second-order valence-corrected chi connectivity index (χ2v) is 12.4. The van der Waals surface area contributed by atoms with E-state index in [1.54, 1.807) is 12.3 Å². The SMILES string of the molecule is CCN(c1cc(-c2ccc(CN3CCOCC3)cc2)cc(C(=O)NCc2c3ccc(F)cc3c(C)c[n+]2O)c1C)C1CCOCC1. The number of halogens is 1. The highest BCUT2D eigenvalue weighted by Gasteiger charge is 2.26. The van der Waals surface area contributed by atoms with E-state index in [0.717, 1.165) is 98.1 Å². The van der Waals surface area contributed by atoms with Gasteiger partial charge in [0.1, 0.15) is 12.4 Å². The Bertz CT molecular complexity index is 1700. The lowest BCUT2D eigenvalue weighted by Gasteiger charge is -2.37. The number of ether oxygens (including phenoxy) is 2. The molecule has 0 spiro atoms. The highest BCUT2D eigenvalue weighted by Crippen LogP contribution is 2.34. The molecule has 0 bridgehead atoms. The van der Waals surface area contributed by atoms with E-state index in [1.807, 2.05) is 19.9 Å². The Hall–Kier alpha value is -4.05. The van der Waals surface area contributed by atoms with Crippen molar-refractivity contribution in [3.8, 4) is 11.1 Å². The smallest absolute Gasteiger partial charge is 0.260 e. The van der Waals surface area contributed by atoms with Crippen LogP contribution in [0.3, 0.4) is 0 Å². The van der Waals surface area contributed by atoms with Crippen LogP contribution in [0.15, 0.2) is 60.8 Å². The summed E-state index contributed by atoms with van der Waals surface area (Å²) in [6.07, 6.45) is 3.42. The summed E-state index contributed by atoms with van der Waals surface area (Å²) in [6.45, 7) is 12.6. The number of nitrogens with one attached hydrogen (secondary N) is 1.